The first-order chi connectivity index (χ1) is 11.1. The van der Waals surface area contributed by atoms with Crippen molar-refractivity contribution in [2.45, 2.75) is 19.6 Å². The molecule has 2 N–H and O–H groups in total. The topological polar surface area (TPSA) is 105 Å². The summed E-state index contributed by atoms with van der Waals surface area (Å²) < 4.78 is 7.48. The summed E-state index contributed by atoms with van der Waals surface area (Å²) in [7, 11) is 0. The lowest BCUT2D eigenvalue weighted by molar-refractivity contribution is 0.193. The van der Waals surface area contributed by atoms with Gasteiger partial charge in [-0.1, -0.05) is 17.7 Å². The number of halogens is 1. The molecule has 3 rings (SSSR count). The molecule has 8 nitrogen and oxygen atoms in total. The Morgan fingerprint density at radius 1 is 1.26 bits per heavy atom. The maximum absolute atomic E-state index is 6.21. The van der Waals surface area contributed by atoms with Gasteiger partial charge in [0.25, 0.3) is 0 Å². The molecule has 0 aliphatic rings. The Hall–Kier alpha value is -2.74. The molecule has 2 heterocycles. The zero-order chi connectivity index (χ0) is 16.2. The van der Waals surface area contributed by atoms with Crippen LogP contribution in [0.5, 0.6) is 5.75 Å². The van der Waals surface area contributed by atoms with Crippen molar-refractivity contribution in [3.63, 3.8) is 0 Å². The summed E-state index contributed by atoms with van der Waals surface area (Å²) in [4.78, 5) is 7.97. The third-order valence-electron chi connectivity index (χ3n) is 3.10. The van der Waals surface area contributed by atoms with Crippen molar-refractivity contribution in [3.8, 4) is 16.9 Å². The standard InChI is InChI=1S/C14H14ClN7O/c1-9(7-22-8-19-20-21-22)23-13-4-10(2-3-12(13)15)11-5-17-14(16)18-6-11/h2-6,8-9H,7H2,1H3,(H2,16,17,18). The molecule has 0 saturated carbocycles. The van der Waals surface area contributed by atoms with E-state index in [0.29, 0.717) is 17.3 Å². The van der Waals surface area contributed by atoms with Crippen molar-refractivity contribution in [2.24, 2.45) is 0 Å². The summed E-state index contributed by atoms with van der Waals surface area (Å²) in [6, 6.07) is 5.48. The van der Waals surface area contributed by atoms with Crippen LogP contribution >= 0.6 is 11.6 Å². The van der Waals surface area contributed by atoms with Crippen LogP contribution in [0.4, 0.5) is 5.95 Å². The molecule has 9 heteroatoms. The van der Waals surface area contributed by atoms with Crippen molar-refractivity contribution in [1.29, 1.82) is 0 Å². The molecule has 1 atom stereocenters. The number of anilines is 1. The summed E-state index contributed by atoms with van der Waals surface area (Å²) in [6.45, 7) is 2.43. The van der Waals surface area contributed by atoms with E-state index in [4.69, 9.17) is 22.1 Å². The number of ether oxygens (including phenoxy) is 1. The van der Waals surface area contributed by atoms with Crippen molar-refractivity contribution in [1.82, 2.24) is 30.2 Å². The quantitative estimate of drug-likeness (QED) is 0.760. The number of nitrogen functional groups attached to an aromatic ring is 1. The van der Waals surface area contributed by atoms with Gasteiger partial charge in [0.15, 0.2) is 0 Å². The molecule has 0 radical (unpaired) electrons. The van der Waals surface area contributed by atoms with Crippen molar-refractivity contribution in [2.75, 3.05) is 5.73 Å². The van der Waals surface area contributed by atoms with Crippen LogP contribution in [-0.2, 0) is 6.54 Å². The van der Waals surface area contributed by atoms with Gasteiger partial charge in [-0.05, 0) is 35.0 Å². The summed E-state index contributed by atoms with van der Waals surface area (Å²) in [6.07, 6.45) is 4.68. The highest BCUT2D eigenvalue weighted by Gasteiger charge is 2.11. The first-order valence-corrected chi connectivity index (χ1v) is 7.24. The van der Waals surface area contributed by atoms with Crippen LogP contribution < -0.4 is 10.5 Å². The van der Waals surface area contributed by atoms with Gasteiger partial charge >= 0.3 is 0 Å². The molecule has 0 amide bonds. The first-order valence-electron chi connectivity index (χ1n) is 6.86. The maximum Gasteiger partial charge on any atom is 0.219 e. The van der Waals surface area contributed by atoms with Crippen molar-refractivity contribution >= 4 is 17.5 Å². The first kappa shape index (κ1) is 15.2. The van der Waals surface area contributed by atoms with E-state index in [9.17, 15) is 0 Å². The van der Waals surface area contributed by atoms with Crippen LogP contribution in [0.1, 0.15) is 6.92 Å². The second-order valence-electron chi connectivity index (χ2n) is 4.94. The Kier molecular flexibility index (Phi) is 4.33. The number of hydrogen-bond donors (Lipinski definition) is 1. The lowest BCUT2D eigenvalue weighted by atomic mass is 10.1. The SMILES string of the molecule is CC(Cn1cnnn1)Oc1cc(-c2cnc(N)nc2)ccc1Cl. The van der Waals surface area contributed by atoms with Gasteiger partial charge in [0.05, 0.1) is 11.6 Å². The molecule has 118 valence electrons. The van der Waals surface area contributed by atoms with E-state index in [1.807, 2.05) is 19.1 Å². The van der Waals surface area contributed by atoms with E-state index in [-0.39, 0.29) is 12.1 Å². The lowest BCUT2D eigenvalue weighted by Gasteiger charge is -2.16. The van der Waals surface area contributed by atoms with Crippen LogP contribution in [0.3, 0.4) is 0 Å². The second kappa shape index (κ2) is 6.57. The number of nitrogens with two attached hydrogens (primary N) is 1. The fourth-order valence-electron chi connectivity index (χ4n) is 2.04. The van der Waals surface area contributed by atoms with Crippen LogP contribution in [0, 0.1) is 0 Å². The number of benzene rings is 1. The summed E-state index contributed by atoms with van der Waals surface area (Å²) >= 11 is 6.21. The Morgan fingerprint density at radius 3 is 2.74 bits per heavy atom. The minimum absolute atomic E-state index is 0.158. The molecule has 0 fully saturated rings. The zero-order valence-corrected chi connectivity index (χ0v) is 13.1. The van der Waals surface area contributed by atoms with Gasteiger partial charge in [0.1, 0.15) is 18.2 Å². The van der Waals surface area contributed by atoms with E-state index >= 15 is 0 Å². The predicted octanol–water partition coefficient (Wildman–Crippen LogP) is 1.83. The van der Waals surface area contributed by atoms with Gasteiger partial charge < -0.3 is 10.5 Å². The Balaban J connectivity index is 1.78. The minimum atomic E-state index is -0.158. The van der Waals surface area contributed by atoms with E-state index in [1.165, 1.54) is 6.33 Å². The highest BCUT2D eigenvalue weighted by Crippen LogP contribution is 2.31. The number of tetrazole rings is 1. The zero-order valence-electron chi connectivity index (χ0n) is 12.3. The summed E-state index contributed by atoms with van der Waals surface area (Å²) in [5.41, 5.74) is 7.22. The Morgan fingerprint density at radius 2 is 2.04 bits per heavy atom. The van der Waals surface area contributed by atoms with Gasteiger partial charge in [-0.3, -0.25) is 0 Å². The Bertz CT molecular complexity index is 776. The fourth-order valence-corrected chi connectivity index (χ4v) is 2.20. The van der Waals surface area contributed by atoms with Gasteiger partial charge in [0, 0.05) is 18.0 Å². The molecule has 0 saturated heterocycles. The number of hydrogen-bond acceptors (Lipinski definition) is 7. The van der Waals surface area contributed by atoms with Crippen LogP contribution in [-0.4, -0.2) is 36.3 Å². The van der Waals surface area contributed by atoms with E-state index in [0.717, 1.165) is 11.1 Å². The highest BCUT2D eigenvalue weighted by molar-refractivity contribution is 6.32. The van der Waals surface area contributed by atoms with E-state index in [2.05, 4.69) is 25.5 Å². The molecule has 2 aromatic heterocycles. The average Bonchev–Trinajstić information content (AvgIpc) is 3.03. The van der Waals surface area contributed by atoms with Crippen LogP contribution in [0.15, 0.2) is 36.9 Å². The largest absolute Gasteiger partial charge is 0.487 e. The fraction of sp³-hybridized carbons (Fsp3) is 0.214. The number of rotatable bonds is 5. The normalized spacial score (nSPS) is 12.1. The van der Waals surface area contributed by atoms with Gasteiger partial charge in [-0.25, -0.2) is 14.6 Å². The number of nitrogens with zero attached hydrogens (tertiary/aromatic N) is 6. The average molecular weight is 332 g/mol. The smallest absolute Gasteiger partial charge is 0.219 e. The molecule has 0 bridgehead atoms. The van der Waals surface area contributed by atoms with Crippen molar-refractivity contribution < 1.29 is 4.74 Å². The monoisotopic (exact) mass is 331 g/mol. The van der Waals surface area contributed by atoms with Crippen LogP contribution in [0.2, 0.25) is 5.02 Å². The van der Waals surface area contributed by atoms with Gasteiger partial charge in [0.2, 0.25) is 5.95 Å². The molecule has 1 aromatic carbocycles. The molecular formula is C14H14ClN7O. The summed E-state index contributed by atoms with van der Waals surface area (Å²) in [5, 5.41) is 11.5. The third-order valence-corrected chi connectivity index (χ3v) is 3.41. The molecular weight excluding hydrogens is 318 g/mol. The molecule has 0 spiro atoms. The van der Waals surface area contributed by atoms with E-state index in [1.54, 1.807) is 23.1 Å². The van der Waals surface area contributed by atoms with Gasteiger partial charge in [-0.15, -0.1) is 5.10 Å². The molecule has 1 unspecified atom stereocenters. The predicted molar refractivity (Wildman–Crippen MR) is 84.8 cm³/mol. The molecule has 3 aromatic rings. The maximum atomic E-state index is 6.21. The molecule has 0 aliphatic carbocycles. The third kappa shape index (κ3) is 3.72. The highest BCUT2D eigenvalue weighted by atomic mass is 35.5. The molecule has 23 heavy (non-hydrogen) atoms. The Labute approximate surface area is 137 Å². The van der Waals surface area contributed by atoms with Gasteiger partial charge in [-0.2, -0.15) is 0 Å². The van der Waals surface area contributed by atoms with E-state index < -0.39 is 0 Å². The molecule has 0 aliphatic heterocycles. The minimum Gasteiger partial charge on any atom is -0.487 e. The summed E-state index contributed by atoms with van der Waals surface area (Å²) in [5.74, 6) is 0.802. The second-order valence-corrected chi connectivity index (χ2v) is 5.34. The van der Waals surface area contributed by atoms with Crippen LogP contribution in [0.25, 0.3) is 11.1 Å². The van der Waals surface area contributed by atoms with Crippen molar-refractivity contribution in [3.05, 3.63) is 41.9 Å². The number of aromatic nitrogens is 6. The lowest BCUT2D eigenvalue weighted by Crippen LogP contribution is -2.20.